The molecule has 0 spiro atoms. The molecule has 0 unspecified atom stereocenters. The first-order valence-corrected chi connectivity index (χ1v) is 32.1. The Hall–Kier alpha value is -7.91. The summed E-state index contributed by atoms with van der Waals surface area (Å²) in [7, 11) is 0. The molecule has 0 N–H and O–H groups in total. The molecule has 0 fully saturated rings. The predicted octanol–water partition coefficient (Wildman–Crippen LogP) is 20.4. The molecule has 85 heavy (non-hydrogen) atoms. The Morgan fingerprint density at radius 2 is 0.682 bits per heavy atom. The molecule has 0 atom stereocenters. The molecule has 3 aromatic heterocycles. The van der Waals surface area contributed by atoms with Crippen molar-refractivity contribution < 1.29 is 22.0 Å². The molecule has 1 aliphatic rings. The highest BCUT2D eigenvalue weighted by Crippen LogP contribution is 2.39. The summed E-state index contributed by atoms with van der Waals surface area (Å²) < 4.78 is 76.4. The third kappa shape index (κ3) is 13.5. The molecule has 7 nitrogen and oxygen atoms in total. The lowest BCUT2D eigenvalue weighted by Crippen LogP contribution is -2.04. The van der Waals surface area contributed by atoms with Gasteiger partial charge in [0.1, 0.15) is 5.69 Å². The number of nitrogens with zero attached hydrogens (tertiary/aromatic N) is 7. The van der Waals surface area contributed by atoms with Gasteiger partial charge in [-0.3, -0.25) is 0 Å². The van der Waals surface area contributed by atoms with Gasteiger partial charge < -0.3 is 4.57 Å². The molecule has 0 saturated heterocycles. The van der Waals surface area contributed by atoms with E-state index < -0.39 is 29.1 Å². The summed E-state index contributed by atoms with van der Waals surface area (Å²) in [6.07, 6.45) is 1.08. The fraction of sp³-hybridized carbons (Fsp3) is 0.0435. The third-order valence-electron chi connectivity index (χ3n) is 13.5. The van der Waals surface area contributed by atoms with E-state index in [1.54, 1.807) is 4.57 Å². The Bertz CT molecular complexity index is 4330. The van der Waals surface area contributed by atoms with E-state index in [4.69, 9.17) is 0 Å². The van der Waals surface area contributed by atoms with Crippen molar-refractivity contribution in [3.8, 4) is 85.1 Å². The van der Waals surface area contributed by atoms with Crippen LogP contribution in [-0.4, -0.2) is 44.3 Å². The van der Waals surface area contributed by atoms with Crippen molar-refractivity contribution in [3.05, 3.63) is 280 Å². The number of alkyl halides is 2. The van der Waals surface area contributed by atoms with Gasteiger partial charge in [0.15, 0.2) is 64.0 Å². The number of para-hydroxylation sites is 1. The average molecular weight is 1480 g/mol. The van der Waals surface area contributed by atoms with E-state index in [9.17, 15) is 13.2 Å². The zero-order valence-corrected chi connectivity index (χ0v) is 52.7. The van der Waals surface area contributed by atoms with Crippen molar-refractivity contribution in [2.24, 2.45) is 0 Å². The lowest BCUT2D eigenvalue weighted by atomic mass is 10.1. The monoisotopic (exact) mass is 1480 g/mol. The lowest BCUT2D eigenvalue weighted by Gasteiger charge is -2.13. The Balaban J connectivity index is 0.000000153. The van der Waals surface area contributed by atoms with Crippen molar-refractivity contribution >= 4 is 98.8 Å². The van der Waals surface area contributed by atoms with Gasteiger partial charge in [0.2, 0.25) is 0 Å². The fourth-order valence-corrected chi connectivity index (χ4v) is 10.5. The quantitative estimate of drug-likeness (QED) is 0.0684. The van der Waals surface area contributed by atoms with E-state index in [0.717, 1.165) is 60.5 Å². The van der Waals surface area contributed by atoms with E-state index in [2.05, 4.69) is 149 Å². The van der Waals surface area contributed by atoms with Crippen LogP contribution in [0.5, 0.6) is 0 Å². The van der Waals surface area contributed by atoms with Crippen LogP contribution < -0.4 is 0 Å². The maximum absolute atomic E-state index is 16.0. The van der Waals surface area contributed by atoms with Gasteiger partial charge in [0.25, 0.3) is 0 Å². The largest absolute Gasteiger partial charge is 0.304 e. The zero-order chi connectivity index (χ0) is 59.6. The molecule has 0 saturated carbocycles. The minimum absolute atomic E-state index is 0.0307. The average Bonchev–Trinajstić information content (AvgIpc) is 2.83. The van der Waals surface area contributed by atoms with Gasteiger partial charge in [-0.25, -0.2) is 51.9 Å². The van der Waals surface area contributed by atoms with Crippen LogP contribution in [0.1, 0.15) is 11.1 Å². The number of halogens is 9. The first kappa shape index (κ1) is 60.2. The van der Waals surface area contributed by atoms with Crippen LogP contribution in [-0.2, 0) is 6.42 Å². The highest BCUT2D eigenvalue weighted by atomic mass is 127. The highest BCUT2D eigenvalue weighted by Gasteiger charge is 2.23. The number of fused-ring (bicyclic) bond motifs is 6. The van der Waals surface area contributed by atoms with Crippen LogP contribution in [0.2, 0.25) is 0 Å². The third-order valence-corrected chi connectivity index (χ3v) is 14.5. The fourth-order valence-electron chi connectivity index (χ4n) is 9.75. The number of rotatable bonds is 7. The van der Waals surface area contributed by atoms with Gasteiger partial charge in [-0.05, 0) is 99.2 Å². The topological polar surface area (TPSA) is 82.3 Å². The number of aromatic nitrogens is 7. The van der Waals surface area contributed by atoms with Gasteiger partial charge in [-0.1, -0.05) is 247 Å². The molecule has 0 amide bonds. The molecule has 0 bridgehead atoms. The second-order valence-electron chi connectivity index (χ2n) is 18.8. The van der Waals surface area contributed by atoms with E-state index in [-0.39, 0.29) is 28.5 Å². The van der Waals surface area contributed by atoms with Crippen LogP contribution in [0.15, 0.2) is 239 Å². The Morgan fingerprint density at radius 3 is 1.15 bits per heavy atom. The first-order valence-electron chi connectivity index (χ1n) is 26.2. The number of hydrogen-bond acceptors (Lipinski definition) is 6. The molecule has 10 aromatic carbocycles. The molecule has 420 valence electrons. The minimum atomic E-state index is -1.53. The number of benzene rings is 10. The van der Waals surface area contributed by atoms with E-state index in [1.807, 2.05) is 174 Å². The molecule has 3 heterocycles. The van der Waals surface area contributed by atoms with Crippen molar-refractivity contribution in [1.29, 1.82) is 0 Å². The standard InChI is InChI=1S/C33H19BrF2N4.C21H12F3N3.C13H9Br.2CH3I/c34-23-15-16-29-25(19-23)24-13-7-8-14-28(24)40(29)30-26(35)17-22(18-27(30)36)33-38-31(20-9-3-1-4-10-20)37-32(39-33)21-11-5-2-6-12-21;22-16-11-15(12-17(23)18(16)24)21-26-19(13-7-3-1-4-8-13)25-20(27-21)14-9-5-2-6-10-14;14-11-6-5-10-7-9-3-1-2-4-12(9)13(10)8-11;2*1-2/h1-19H;1-12H;1-6,8H,7H2;2*1H3. The van der Waals surface area contributed by atoms with Crippen molar-refractivity contribution in [3.63, 3.8) is 0 Å². The van der Waals surface area contributed by atoms with E-state index >= 15 is 8.78 Å². The minimum Gasteiger partial charge on any atom is -0.304 e. The molecule has 0 radical (unpaired) electrons. The SMILES string of the molecule is Brc1ccc2c(c1)-c1ccccc1C2.CI.CI.Fc1cc(-c2nc(-c3ccccc3)nc(-c3ccccc3)n2)cc(F)c1-n1c2ccccc2c2cc(Br)ccc21.Fc1cc(-c2nc(-c3ccccc3)nc(-c3ccccc3)n2)cc(F)c1F. The number of hydrogen-bond donors (Lipinski definition) is 0. The summed E-state index contributed by atoms with van der Waals surface area (Å²) in [5.74, 6) is -3.78. The van der Waals surface area contributed by atoms with Crippen molar-refractivity contribution in [2.45, 2.75) is 6.42 Å². The van der Waals surface area contributed by atoms with Crippen molar-refractivity contribution in [1.82, 2.24) is 34.5 Å². The summed E-state index contributed by atoms with van der Waals surface area (Å²) in [5.41, 5.74) is 10.2. The molecule has 16 heteroatoms. The van der Waals surface area contributed by atoms with Crippen LogP contribution in [0, 0.1) is 29.1 Å². The normalized spacial score (nSPS) is 11.0. The Morgan fingerprint density at radius 1 is 0.329 bits per heavy atom. The molecule has 1 aliphatic carbocycles. The van der Waals surface area contributed by atoms with Crippen LogP contribution >= 0.6 is 77.0 Å². The molecular formula is C69H46Br2F5I2N7. The van der Waals surface area contributed by atoms with Crippen molar-refractivity contribution in [2.75, 3.05) is 9.86 Å². The molecular weight excluding hydrogens is 1440 g/mol. The second-order valence-corrected chi connectivity index (χ2v) is 20.6. The van der Waals surface area contributed by atoms with Crippen LogP contribution in [0.3, 0.4) is 0 Å². The summed E-state index contributed by atoms with van der Waals surface area (Å²) in [4.78, 5) is 31.0. The maximum atomic E-state index is 16.0. The Kier molecular flexibility index (Phi) is 19.7. The van der Waals surface area contributed by atoms with Gasteiger partial charge in [0, 0.05) is 53.1 Å². The summed E-state index contributed by atoms with van der Waals surface area (Å²) in [6.45, 7) is 0. The second kappa shape index (κ2) is 27.9. The molecule has 14 rings (SSSR count). The molecule has 0 aliphatic heterocycles. The van der Waals surface area contributed by atoms with Gasteiger partial charge in [-0.2, -0.15) is 0 Å². The van der Waals surface area contributed by atoms with Crippen LogP contribution in [0.4, 0.5) is 22.0 Å². The zero-order valence-electron chi connectivity index (χ0n) is 45.2. The smallest absolute Gasteiger partial charge is 0.194 e. The van der Waals surface area contributed by atoms with E-state index in [1.165, 1.54) is 34.4 Å². The van der Waals surface area contributed by atoms with E-state index in [0.29, 0.717) is 34.3 Å². The van der Waals surface area contributed by atoms with Gasteiger partial charge in [0.05, 0.1) is 11.0 Å². The predicted molar refractivity (Wildman–Crippen MR) is 356 cm³/mol. The maximum Gasteiger partial charge on any atom is 0.194 e. The lowest BCUT2D eigenvalue weighted by molar-refractivity contribution is 0.447. The summed E-state index contributed by atoms with van der Waals surface area (Å²) in [5, 5.41) is 1.80. The Labute approximate surface area is 531 Å². The molecule has 13 aromatic rings. The van der Waals surface area contributed by atoms with Gasteiger partial charge >= 0.3 is 0 Å². The first-order chi connectivity index (χ1) is 41.5. The summed E-state index contributed by atoms with van der Waals surface area (Å²) >= 11 is 11.3. The highest BCUT2D eigenvalue weighted by molar-refractivity contribution is 14.1. The summed E-state index contributed by atoms with van der Waals surface area (Å²) in [6, 6.07) is 70.0. The van der Waals surface area contributed by atoms with Crippen LogP contribution in [0.25, 0.3) is 107 Å². The van der Waals surface area contributed by atoms with Gasteiger partial charge in [-0.15, -0.1) is 0 Å².